The molecule has 5 nitrogen and oxygen atoms in total. The number of para-hydroxylation sites is 1. The fraction of sp³-hybridized carbons (Fsp3) is 0.467. The van der Waals surface area contributed by atoms with Crippen LogP contribution in [0.25, 0.3) is 0 Å². The Morgan fingerprint density at radius 2 is 1.76 bits per heavy atom. The summed E-state index contributed by atoms with van der Waals surface area (Å²) in [5.74, 6) is -0.873. The van der Waals surface area contributed by atoms with Crippen LogP contribution in [0.5, 0.6) is 0 Å². The van der Waals surface area contributed by atoms with Crippen LogP contribution in [-0.4, -0.2) is 28.8 Å². The van der Waals surface area contributed by atoms with Crippen molar-refractivity contribution in [1.82, 2.24) is 0 Å². The molecule has 1 aromatic rings. The number of anilines is 1. The first-order valence-electron chi connectivity index (χ1n) is 6.97. The Hall–Kier alpha value is -1.75. The number of nitrogens with zero attached hydrogens (tertiary/aromatic N) is 1. The van der Waals surface area contributed by atoms with Crippen LogP contribution in [0.2, 0.25) is 5.02 Å². The van der Waals surface area contributed by atoms with E-state index in [0.717, 1.165) is 12.8 Å². The lowest BCUT2D eigenvalue weighted by molar-refractivity contribution is -0.143. The molecule has 0 spiro atoms. The number of carbonyl (C=O) groups is 2. The highest BCUT2D eigenvalue weighted by Gasteiger charge is 2.29. The molecule has 0 unspecified atom stereocenters. The van der Waals surface area contributed by atoms with Gasteiger partial charge in [-0.05, 0) is 43.7 Å². The van der Waals surface area contributed by atoms with E-state index < -0.39 is 12.1 Å². The summed E-state index contributed by atoms with van der Waals surface area (Å²) in [6, 6.07) is 6.84. The second-order valence-corrected chi connectivity index (χ2v) is 5.81. The van der Waals surface area contributed by atoms with Crippen LogP contribution in [-0.2, 0) is 4.79 Å². The largest absolute Gasteiger partial charge is 0.481 e. The van der Waals surface area contributed by atoms with Crippen molar-refractivity contribution < 1.29 is 19.8 Å². The number of rotatable bonds is 4. The van der Waals surface area contributed by atoms with Gasteiger partial charge in [-0.2, -0.15) is 0 Å². The smallest absolute Gasteiger partial charge is 0.411 e. The lowest BCUT2D eigenvalue weighted by atomic mass is 9.82. The van der Waals surface area contributed by atoms with Crippen molar-refractivity contribution in [3.63, 3.8) is 0 Å². The zero-order valence-electron chi connectivity index (χ0n) is 11.5. The van der Waals surface area contributed by atoms with Crippen molar-refractivity contribution in [3.05, 3.63) is 29.3 Å². The van der Waals surface area contributed by atoms with Crippen molar-refractivity contribution in [1.29, 1.82) is 0 Å². The number of amides is 1. The lowest BCUT2D eigenvalue weighted by Crippen LogP contribution is -2.36. The van der Waals surface area contributed by atoms with Gasteiger partial charge in [0.1, 0.15) is 0 Å². The SMILES string of the molecule is O=C(O)C1CCC(CN(C(=O)O)c2ccccc2Cl)CC1. The third kappa shape index (κ3) is 3.88. The second kappa shape index (κ2) is 6.80. The number of aliphatic carboxylic acids is 1. The number of benzene rings is 1. The Morgan fingerprint density at radius 1 is 1.14 bits per heavy atom. The van der Waals surface area contributed by atoms with Gasteiger partial charge in [-0.3, -0.25) is 9.69 Å². The Morgan fingerprint density at radius 3 is 2.29 bits per heavy atom. The molecule has 1 fully saturated rings. The van der Waals surface area contributed by atoms with Gasteiger partial charge >= 0.3 is 12.1 Å². The molecule has 1 amide bonds. The molecule has 1 aliphatic rings. The van der Waals surface area contributed by atoms with Crippen LogP contribution in [0.4, 0.5) is 10.5 Å². The monoisotopic (exact) mass is 311 g/mol. The molecule has 0 aromatic heterocycles. The van der Waals surface area contributed by atoms with Gasteiger partial charge in [0.05, 0.1) is 16.6 Å². The topological polar surface area (TPSA) is 77.8 Å². The van der Waals surface area contributed by atoms with Gasteiger partial charge in [-0.1, -0.05) is 23.7 Å². The van der Waals surface area contributed by atoms with Crippen LogP contribution < -0.4 is 4.90 Å². The second-order valence-electron chi connectivity index (χ2n) is 5.40. The Bertz CT molecular complexity index is 526. The predicted molar refractivity (Wildman–Crippen MR) is 79.9 cm³/mol. The zero-order valence-corrected chi connectivity index (χ0v) is 12.3. The molecule has 1 saturated carbocycles. The summed E-state index contributed by atoms with van der Waals surface area (Å²) in [6.45, 7) is 0.353. The summed E-state index contributed by atoms with van der Waals surface area (Å²) < 4.78 is 0. The highest BCUT2D eigenvalue weighted by Crippen LogP contribution is 2.32. The maximum absolute atomic E-state index is 11.5. The number of halogens is 1. The molecule has 1 aromatic carbocycles. The first kappa shape index (κ1) is 15.6. The van der Waals surface area contributed by atoms with E-state index in [1.54, 1.807) is 24.3 Å². The average Bonchev–Trinajstić information content (AvgIpc) is 2.46. The first-order chi connectivity index (χ1) is 9.99. The standard InChI is InChI=1S/C15H18ClNO4/c16-12-3-1-2-4-13(12)17(15(20)21)9-10-5-7-11(8-6-10)14(18)19/h1-4,10-11H,5-9H2,(H,18,19)(H,20,21). The quantitative estimate of drug-likeness (QED) is 0.888. The zero-order chi connectivity index (χ0) is 15.4. The minimum absolute atomic E-state index is 0.174. The summed E-state index contributed by atoms with van der Waals surface area (Å²) >= 11 is 6.06. The van der Waals surface area contributed by atoms with E-state index in [4.69, 9.17) is 16.7 Å². The van der Waals surface area contributed by atoms with E-state index in [1.165, 1.54) is 4.90 Å². The van der Waals surface area contributed by atoms with Crippen LogP contribution in [0.1, 0.15) is 25.7 Å². The van der Waals surface area contributed by atoms with Crippen molar-refractivity contribution >= 4 is 29.4 Å². The summed E-state index contributed by atoms with van der Waals surface area (Å²) in [6.07, 6.45) is 1.63. The molecule has 0 heterocycles. The molecule has 2 N–H and O–H groups in total. The molecule has 1 aliphatic carbocycles. The van der Waals surface area contributed by atoms with Gasteiger partial charge in [0.2, 0.25) is 0 Å². The number of carboxylic acids is 1. The van der Waals surface area contributed by atoms with Crippen molar-refractivity contribution in [2.24, 2.45) is 11.8 Å². The van der Waals surface area contributed by atoms with Crippen LogP contribution in [0.15, 0.2) is 24.3 Å². The third-order valence-electron chi connectivity index (χ3n) is 4.01. The van der Waals surface area contributed by atoms with Gasteiger partial charge in [-0.25, -0.2) is 4.79 Å². The fourth-order valence-corrected chi connectivity index (χ4v) is 3.04. The van der Waals surface area contributed by atoms with E-state index in [0.29, 0.717) is 30.1 Å². The lowest BCUT2D eigenvalue weighted by Gasteiger charge is -2.30. The van der Waals surface area contributed by atoms with Gasteiger partial charge in [0.25, 0.3) is 0 Å². The molecular weight excluding hydrogens is 294 g/mol. The molecule has 0 radical (unpaired) electrons. The minimum Gasteiger partial charge on any atom is -0.481 e. The average molecular weight is 312 g/mol. The summed E-state index contributed by atoms with van der Waals surface area (Å²) in [5.41, 5.74) is 0.479. The maximum Gasteiger partial charge on any atom is 0.411 e. The Balaban J connectivity index is 2.04. The van der Waals surface area contributed by atoms with Crippen molar-refractivity contribution in [2.45, 2.75) is 25.7 Å². The molecule has 21 heavy (non-hydrogen) atoms. The van der Waals surface area contributed by atoms with Gasteiger partial charge in [0.15, 0.2) is 0 Å². The van der Waals surface area contributed by atoms with E-state index in [1.807, 2.05) is 0 Å². The normalized spacial score (nSPS) is 21.8. The Labute approximate surface area is 128 Å². The van der Waals surface area contributed by atoms with Crippen LogP contribution in [0, 0.1) is 11.8 Å². The van der Waals surface area contributed by atoms with E-state index in [2.05, 4.69) is 0 Å². The van der Waals surface area contributed by atoms with E-state index in [9.17, 15) is 14.7 Å². The van der Waals surface area contributed by atoms with E-state index >= 15 is 0 Å². The molecular formula is C15H18ClNO4. The first-order valence-corrected chi connectivity index (χ1v) is 7.34. The predicted octanol–water partition coefficient (Wildman–Crippen LogP) is 3.72. The van der Waals surface area contributed by atoms with Gasteiger partial charge < -0.3 is 10.2 Å². The molecule has 0 atom stereocenters. The van der Waals surface area contributed by atoms with Gasteiger partial charge in [-0.15, -0.1) is 0 Å². The van der Waals surface area contributed by atoms with Crippen LogP contribution in [0.3, 0.4) is 0 Å². The number of hydrogen-bond donors (Lipinski definition) is 2. The van der Waals surface area contributed by atoms with E-state index in [-0.39, 0.29) is 11.8 Å². The number of hydrogen-bond acceptors (Lipinski definition) is 2. The molecule has 0 bridgehead atoms. The molecule has 0 aliphatic heterocycles. The minimum atomic E-state index is -1.04. The molecule has 2 rings (SSSR count). The molecule has 0 saturated heterocycles. The van der Waals surface area contributed by atoms with Crippen molar-refractivity contribution in [2.75, 3.05) is 11.4 Å². The summed E-state index contributed by atoms with van der Waals surface area (Å²) in [7, 11) is 0. The molecule has 114 valence electrons. The summed E-state index contributed by atoms with van der Waals surface area (Å²) in [5, 5.41) is 18.8. The van der Waals surface area contributed by atoms with Crippen LogP contribution >= 0.6 is 11.6 Å². The highest BCUT2D eigenvalue weighted by atomic mass is 35.5. The highest BCUT2D eigenvalue weighted by molar-refractivity contribution is 6.33. The Kier molecular flexibility index (Phi) is 5.07. The number of carboxylic acid groups (broad SMARTS) is 2. The summed E-state index contributed by atoms with van der Waals surface area (Å²) in [4.78, 5) is 23.7. The van der Waals surface area contributed by atoms with Gasteiger partial charge in [0, 0.05) is 6.54 Å². The fourth-order valence-electron chi connectivity index (χ4n) is 2.80. The van der Waals surface area contributed by atoms with Crippen molar-refractivity contribution in [3.8, 4) is 0 Å². The third-order valence-corrected chi connectivity index (χ3v) is 4.33. The molecule has 6 heteroatoms. The maximum atomic E-state index is 11.5.